The fourth-order valence-electron chi connectivity index (χ4n) is 0.729. The van der Waals surface area contributed by atoms with Gasteiger partial charge in [0.1, 0.15) is 6.04 Å². The first-order valence-electron chi connectivity index (χ1n) is 4.63. The van der Waals surface area contributed by atoms with Gasteiger partial charge < -0.3 is 16.2 Å². The maximum atomic E-state index is 11.2. The number of carbonyl (C=O) groups excluding carboxylic acids is 3. The summed E-state index contributed by atoms with van der Waals surface area (Å²) < 4.78 is 4.41. The van der Waals surface area contributed by atoms with Gasteiger partial charge in [-0.25, -0.2) is 4.79 Å². The predicted molar refractivity (Wildman–Crippen MR) is 52.3 cm³/mol. The van der Waals surface area contributed by atoms with Gasteiger partial charge in [0, 0.05) is 6.42 Å². The summed E-state index contributed by atoms with van der Waals surface area (Å²) in [7, 11) is 0. The molecule has 6 heteroatoms. The van der Waals surface area contributed by atoms with Crippen molar-refractivity contribution in [2.75, 3.05) is 0 Å². The molecule has 0 radical (unpaired) electrons. The molecule has 0 aromatic carbocycles. The third kappa shape index (κ3) is 5.79. The van der Waals surface area contributed by atoms with E-state index in [1.54, 1.807) is 13.8 Å². The van der Waals surface area contributed by atoms with Crippen LogP contribution in [0, 0.1) is 5.92 Å². The molecule has 15 heavy (non-hydrogen) atoms. The van der Waals surface area contributed by atoms with E-state index < -0.39 is 23.9 Å². The first kappa shape index (κ1) is 13.6. The van der Waals surface area contributed by atoms with Crippen molar-refractivity contribution in [2.24, 2.45) is 17.4 Å². The van der Waals surface area contributed by atoms with E-state index in [4.69, 9.17) is 11.5 Å². The first-order valence-corrected chi connectivity index (χ1v) is 4.63. The minimum atomic E-state index is -0.831. The summed E-state index contributed by atoms with van der Waals surface area (Å²) in [6.45, 7) is 3.47. The van der Waals surface area contributed by atoms with E-state index in [-0.39, 0.29) is 18.8 Å². The van der Waals surface area contributed by atoms with Crippen LogP contribution in [0.2, 0.25) is 0 Å². The van der Waals surface area contributed by atoms with Crippen LogP contribution in [0.3, 0.4) is 0 Å². The Kier molecular flexibility index (Phi) is 5.54. The zero-order valence-electron chi connectivity index (χ0n) is 8.86. The largest absolute Gasteiger partial charge is 0.392 e. The van der Waals surface area contributed by atoms with E-state index in [1.807, 2.05) is 0 Å². The molecule has 0 saturated carbocycles. The van der Waals surface area contributed by atoms with Gasteiger partial charge in [0.2, 0.25) is 5.91 Å². The molecular weight excluding hydrogens is 200 g/mol. The molecule has 0 aromatic rings. The average molecular weight is 216 g/mol. The van der Waals surface area contributed by atoms with Gasteiger partial charge >= 0.3 is 11.9 Å². The first-order chi connectivity index (χ1) is 6.84. The van der Waals surface area contributed by atoms with Gasteiger partial charge in [0.25, 0.3) is 0 Å². The average Bonchev–Trinajstić information content (AvgIpc) is 2.13. The number of rotatable bonds is 5. The number of carbonyl (C=O) groups is 3. The Bertz CT molecular complexity index is 263. The van der Waals surface area contributed by atoms with E-state index in [0.717, 1.165) is 0 Å². The summed E-state index contributed by atoms with van der Waals surface area (Å²) >= 11 is 0. The van der Waals surface area contributed by atoms with Crippen LogP contribution in [0.15, 0.2) is 0 Å². The standard InChI is InChI=1S/C9H16N2O4/c1-5(2)8(11)9(14)15-7(13)4-3-6(10)12/h5,8H,3-4,11H2,1-2H3,(H2,10,12)/t8-/m0/s1. The second-order valence-corrected chi connectivity index (χ2v) is 3.53. The number of hydrogen-bond acceptors (Lipinski definition) is 5. The van der Waals surface area contributed by atoms with Crippen molar-refractivity contribution in [3.8, 4) is 0 Å². The molecule has 0 spiro atoms. The van der Waals surface area contributed by atoms with Crippen LogP contribution in [-0.4, -0.2) is 23.9 Å². The minimum absolute atomic E-state index is 0.110. The number of nitrogens with two attached hydrogens (primary N) is 2. The van der Waals surface area contributed by atoms with E-state index in [1.165, 1.54) is 0 Å². The quantitative estimate of drug-likeness (QED) is 0.466. The highest BCUT2D eigenvalue weighted by Crippen LogP contribution is 2.02. The van der Waals surface area contributed by atoms with Crippen LogP contribution >= 0.6 is 0 Å². The molecule has 0 unspecified atom stereocenters. The van der Waals surface area contributed by atoms with Crippen molar-refractivity contribution in [1.82, 2.24) is 0 Å². The number of ether oxygens (including phenoxy) is 1. The topological polar surface area (TPSA) is 112 Å². The lowest BCUT2D eigenvalue weighted by atomic mass is 10.1. The van der Waals surface area contributed by atoms with Crippen molar-refractivity contribution in [2.45, 2.75) is 32.7 Å². The summed E-state index contributed by atoms with van der Waals surface area (Å²) in [4.78, 5) is 32.5. The molecule has 0 rings (SSSR count). The van der Waals surface area contributed by atoms with Crippen molar-refractivity contribution >= 4 is 17.8 Å². The fraction of sp³-hybridized carbons (Fsp3) is 0.667. The summed E-state index contributed by atoms with van der Waals surface area (Å²) in [6.07, 6.45) is -0.338. The Morgan fingerprint density at radius 2 is 1.73 bits per heavy atom. The molecular formula is C9H16N2O4. The van der Waals surface area contributed by atoms with Crippen LogP contribution in [0.4, 0.5) is 0 Å². The molecule has 0 aliphatic carbocycles. The maximum absolute atomic E-state index is 11.2. The van der Waals surface area contributed by atoms with Crippen molar-refractivity contribution < 1.29 is 19.1 Å². The Morgan fingerprint density at radius 1 is 1.20 bits per heavy atom. The molecule has 6 nitrogen and oxygen atoms in total. The van der Waals surface area contributed by atoms with Gasteiger partial charge in [0.05, 0.1) is 6.42 Å². The van der Waals surface area contributed by atoms with E-state index in [0.29, 0.717) is 0 Å². The molecule has 0 aliphatic heterocycles. The molecule has 0 saturated heterocycles. The molecule has 0 fully saturated rings. The third-order valence-electron chi connectivity index (χ3n) is 1.78. The lowest BCUT2D eigenvalue weighted by molar-refractivity contribution is -0.161. The van der Waals surface area contributed by atoms with Gasteiger partial charge in [-0.05, 0) is 5.92 Å². The maximum Gasteiger partial charge on any atom is 0.330 e. The molecule has 1 atom stereocenters. The van der Waals surface area contributed by atoms with E-state index in [9.17, 15) is 14.4 Å². The molecule has 86 valence electrons. The monoisotopic (exact) mass is 216 g/mol. The van der Waals surface area contributed by atoms with Gasteiger partial charge in [-0.2, -0.15) is 0 Å². The lowest BCUT2D eigenvalue weighted by Gasteiger charge is -2.12. The molecule has 1 amide bonds. The van der Waals surface area contributed by atoms with Gasteiger partial charge in [0.15, 0.2) is 0 Å². The Balaban J connectivity index is 3.96. The van der Waals surface area contributed by atoms with Crippen molar-refractivity contribution in [3.63, 3.8) is 0 Å². The van der Waals surface area contributed by atoms with E-state index >= 15 is 0 Å². The van der Waals surface area contributed by atoms with Crippen LogP contribution in [0.25, 0.3) is 0 Å². The second-order valence-electron chi connectivity index (χ2n) is 3.53. The summed E-state index contributed by atoms with van der Waals surface area (Å²) in [5, 5.41) is 0. The Morgan fingerprint density at radius 3 is 2.13 bits per heavy atom. The highest BCUT2D eigenvalue weighted by molar-refractivity contribution is 5.90. The van der Waals surface area contributed by atoms with Crippen molar-refractivity contribution in [3.05, 3.63) is 0 Å². The number of esters is 2. The second kappa shape index (κ2) is 6.13. The Hall–Kier alpha value is -1.43. The normalized spacial score (nSPS) is 12.3. The molecule has 0 aromatic heterocycles. The fourth-order valence-corrected chi connectivity index (χ4v) is 0.729. The smallest absolute Gasteiger partial charge is 0.330 e. The Labute approximate surface area is 87.9 Å². The number of amides is 1. The number of hydrogen-bond donors (Lipinski definition) is 2. The minimum Gasteiger partial charge on any atom is -0.392 e. The van der Waals surface area contributed by atoms with Gasteiger partial charge in [-0.15, -0.1) is 0 Å². The van der Waals surface area contributed by atoms with Gasteiger partial charge in [-0.1, -0.05) is 13.8 Å². The van der Waals surface area contributed by atoms with Crippen LogP contribution in [0.1, 0.15) is 26.7 Å². The van der Waals surface area contributed by atoms with Gasteiger partial charge in [-0.3, -0.25) is 9.59 Å². The van der Waals surface area contributed by atoms with E-state index in [2.05, 4.69) is 4.74 Å². The SMILES string of the molecule is CC(C)[C@H](N)C(=O)OC(=O)CCC(N)=O. The highest BCUT2D eigenvalue weighted by Gasteiger charge is 2.21. The predicted octanol–water partition coefficient (Wildman–Crippen LogP) is -0.695. The van der Waals surface area contributed by atoms with Crippen LogP contribution < -0.4 is 11.5 Å². The molecule has 0 aliphatic rings. The summed E-state index contributed by atoms with van der Waals surface area (Å²) in [6, 6.07) is -0.831. The highest BCUT2D eigenvalue weighted by atomic mass is 16.6. The zero-order valence-corrected chi connectivity index (χ0v) is 8.86. The summed E-state index contributed by atoms with van der Waals surface area (Å²) in [5.74, 6) is -2.29. The van der Waals surface area contributed by atoms with Crippen LogP contribution in [-0.2, 0) is 19.1 Å². The third-order valence-corrected chi connectivity index (χ3v) is 1.78. The lowest BCUT2D eigenvalue weighted by Crippen LogP contribution is -2.38. The summed E-state index contributed by atoms with van der Waals surface area (Å²) in [5.41, 5.74) is 10.3. The zero-order chi connectivity index (χ0) is 12.0. The molecule has 0 bridgehead atoms. The molecule has 0 heterocycles. The van der Waals surface area contributed by atoms with Crippen LogP contribution in [0.5, 0.6) is 0 Å². The molecule has 4 N–H and O–H groups in total. The van der Waals surface area contributed by atoms with Crippen molar-refractivity contribution in [1.29, 1.82) is 0 Å². The number of primary amides is 1.